The molecule has 0 spiro atoms. The van der Waals surface area contributed by atoms with Gasteiger partial charge in [-0.25, -0.2) is 4.98 Å². The summed E-state index contributed by atoms with van der Waals surface area (Å²) in [6, 6.07) is 0.163. The molecule has 2 heterocycles. The molecule has 8 nitrogen and oxygen atoms in total. The first-order chi connectivity index (χ1) is 12.1. The van der Waals surface area contributed by atoms with E-state index in [1.165, 1.54) is 24.1 Å². The number of hydrogen-bond acceptors (Lipinski definition) is 7. The van der Waals surface area contributed by atoms with Gasteiger partial charge in [0.1, 0.15) is 11.9 Å². The van der Waals surface area contributed by atoms with Crippen molar-refractivity contribution in [1.29, 1.82) is 0 Å². The molecule has 1 aliphatic carbocycles. The Hall–Kier alpha value is -1.93. The molecule has 2 atom stereocenters. The van der Waals surface area contributed by atoms with Crippen molar-refractivity contribution in [3.8, 4) is 0 Å². The number of carboxylic acid groups (broad SMARTS) is 1. The van der Waals surface area contributed by atoms with Crippen LogP contribution >= 0.6 is 0 Å². The van der Waals surface area contributed by atoms with Crippen molar-refractivity contribution in [3.63, 3.8) is 0 Å². The quantitative estimate of drug-likeness (QED) is 0.766. The molecular weight excluding hydrogens is 324 g/mol. The number of aryl methyl sites for hydroxylation is 1. The van der Waals surface area contributed by atoms with E-state index in [4.69, 9.17) is 29.3 Å². The van der Waals surface area contributed by atoms with Crippen LogP contribution in [0.1, 0.15) is 31.0 Å². The molecule has 1 aromatic heterocycles. The van der Waals surface area contributed by atoms with E-state index in [1.54, 1.807) is 0 Å². The van der Waals surface area contributed by atoms with Gasteiger partial charge in [0.2, 0.25) is 5.95 Å². The minimum absolute atomic E-state index is 0.0991. The number of carbonyl (C=O) groups is 1. The van der Waals surface area contributed by atoms with Crippen molar-refractivity contribution in [1.82, 2.24) is 9.97 Å². The molecule has 1 fully saturated rings. The van der Waals surface area contributed by atoms with E-state index in [0.717, 1.165) is 24.6 Å². The Kier molecular flexibility index (Phi) is 7.39. The first-order valence-electron chi connectivity index (χ1n) is 8.71. The lowest BCUT2D eigenvalue weighted by Crippen LogP contribution is -2.35. The fourth-order valence-electron chi connectivity index (χ4n) is 3.12. The number of rotatable bonds is 5. The van der Waals surface area contributed by atoms with Crippen LogP contribution in [0.5, 0.6) is 0 Å². The van der Waals surface area contributed by atoms with E-state index in [1.807, 2.05) is 25.9 Å². The number of anilines is 2. The molecular formula is C17H28N4O4. The van der Waals surface area contributed by atoms with Crippen molar-refractivity contribution in [2.45, 2.75) is 44.8 Å². The molecule has 0 aromatic carbocycles. The number of aromatic nitrogens is 2. The lowest BCUT2D eigenvalue weighted by Gasteiger charge is -2.25. The Labute approximate surface area is 148 Å². The SMILES string of the molecule is CCO[C@H]1COC[C@@H]1Nc1nc(N(C)C)nc2c1CCCC2.O=CO. The Morgan fingerprint density at radius 2 is 2.04 bits per heavy atom. The van der Waals surface area contributed by atoms with E-state index in [9.17, 15) is 0 Å². The van der Waals surface area contributed by atoms with Gasteiger partial charge in [0.05, 0.1) is 24.9 Å². The Bertz CT molecular complexity index is 568. The summed E-state index contributed by atoms with van der Waals surface area (Å²) in [5.74, 6) is 1.74. The summed E-state index contributed by atoms with van der Waals surface area (Å²) < 4.78 is 11.3. The van der Waals surface area contributed by atoms with Gasteiger partial charge in [-0.05, 0) is 32.6 Å². The summed E-state index contributed by atoms with van der Waals surface area (Å²) in [5.41, 5.74) is 2.47. The van der Waals surface area contributed by atoms with Gasteiger partial charge in [-0.15, -0.1) is 0 Å². The van der Waals surface area contributed by atoms with Gasteiger partial charge < -0.3 is 24.8 Å². The molecule has 0 saturated carbocycles. The maximum absolute atomic E-state index is 8.36. The van der Waals surface area contributed by atoms with Gasteiger partial charge in [-0.3, -0.25) is 4.79 Å². The first-order valence-corrected chi connectivity index (χ1v) is 8.71. The number of nitrogens with one attached hydrogen (secondary N) is 1. The minimum Gasteiger partial charge on any atom is -0.483 e. The predicted octanol–water partition coefficient (Wildman–Crippen LogP) is 1.34. The van der Waals surface area contributed by atoms with E-state index in [0.29, 0.717) is 19.8 Å². The van der Waals surface area contributed by atoms with Gasteiger partial charge in [0.15, 0.2) is 0 Å². The zero-order valence-electron chi connectivity index (χ0n) is 15.2. The summed E-state index contributed by atoms with van der Waals surface area (Å²) >= 11 is 0. The third-order valence-corrected chi connectivity index (χ3v) is 4.30. The number of nitrogens with zero attached hydrogens (tertiary/aromatic N) is 3. The average Bonchev–Trinajstić information content (AvgIpc) is 3.03. The normalized spacial score (nSPS) is 21.7. The molecule has 0 amide bonds. The lowest BCUT2D eigenvalue weighted by atomic mass is 9.96. The van der Waals surface area contributed by atoms with Crippen LogP contribution in [-0.2, 0) is 27.1 Å². The largest absolute Gasteiger partial charge is 0.483 e. The second-order valence-corrected chi connectivity index (χ2v) is 6.29. The molecule has 0 unspecified atom stereocenters. The molecule has 140 valence electrons. The summed E-state index contributed by atoms with van der Waals surface area (Å²) in [5, 5.41) is 10.5. The van der Waals surface area contributed by atoms with Crippen LogP contribution in [0.4, 0.5) is 11.8 Å². The highest BCUT2D eigenvalue weighted by atomic mass is 16.5. The molecule has 1 aliphatic heterocycles. The highest BCUT2D eigenvalue weighted by Gasteiger charge is 2.30. The average molecular weight is 352 g/mol. The zero-order chi connectivity index (χ0) is 18.2. The van der Waals surface area contributed by atoms with E-state index >= 15 is 0 Å². The topological polar surface area (TPSA) is 96.8 Å². The van der Waals surface area contributed by atoms with Gasteiger partial charge in [-0.2, -0.15) is 4.98 Å². The van der Waals surface area contributed by atoms with Gasteiger partial charge in [-0.1, -0.05) is 0 Å². The van der Waals surface area contributed by atoms with Gasteiger partial charge >= 0.3 is 0 Å². The summed E-state index contributed by atoms with van der Waals surface area (Å²) in [6.45, 7) is 3.79. The molecule has 1 saturated heterocycles. The summed E-state index contributed by atoms with van der Waals surface area (Å²) in [6.07, 6.45) is 4.62. The monoisotopic (exact) mass is 352 g/mol. The standard InChI is InChI=1S/C16H26N4O2.CH2O2/c1-4-22-14-10-21-9-13(14)17-15-11-7-5-6-8-12(11)18-16(19-15)20(2)3;2-1-3/h13-14H,4-10H2,1-3H3,(H,17,18,19);1H,(H,2,3)/t13-,14-;/m0./s1. The molecule has 3 rings (SSSR count). The van der Waals surface area contributed by atoms with Crippen molar-refractivity contribution >= 4 is 18.2 Å². The number of hydrogen-bond donors (Lipinski definition) is 2. The summed E-state index contributed by atoms with van der Waals surface area (Å²) in [4.78, 5) is 19.8. The van der Waals surface area contributed by atoms with Crippen LogP contribution in [0.25, 0.3) is 0 Å². The Morgan fingerprint density at radius 1 is 1.32 bits per heavy atom. The molecule has 2 N–H and O–H groups in total. The van der Waals surface area contributed by atoms with Crippen LogP contribution in [0.15, 0.2) is 0 Å². The van der Waals surface area contributed by atoms with E-state index < -0.39 is 0 Å². The Balaban J connectivity index is 0.000000701. The van der Waals surface area contributed by atoms with Crippen LogP contribution in [0, 0.1) is 0 Å². The van der Waals surface area contributed by atoms with Crippen LogP contribution < -0.4 is 10.2 Å². The second-order valence-electron chi connectivity index (χ2n) is 6.29. The first kappa shape index (κ1) is 19.4. The third kappa shape index (κ3) is 5.02. The fraction of sp³-hybridized carbons (Fsp3) is 0.706. The van der Waals surface area contributed by atoms with Crippen LogP contribution in [0.2, 0.25) is 0 Å². The predicted molar refractivity (Wildman–Crippen MR) is 95.3 cm³/mol. The Morgan fingerprint density at radius 3 is 2.72 bits per heavy atom. The van der Waals surface area contributed by atoms with Gasteiger partial charge in [0, 0.05) is 26.3 Å². The molecule has 0 bridgehead atoms. The van der Waals surface area contributed by atoms with Crippen molar-refractivity contribution in [2.75, 3.05) is 44.1 Å². The third-order valence-electron chi connectivity index (χ3n) is 4.30. The van der Waals surface area contributed by atoms with Crippen molar-refractivity contribution in [2.24, 2.45) is 0 Å². The van der Waals surface area contributed by atoms with Crippen molar-refractivity contribution < 1.29 is 19.4 Å². The highest BCUT2D eigenvalue weighted by Crippen LogP contribution is 2.28. The smallest absolute Gasteiger partial charge is 0.290 e. The maximum Gasteiger partial charge on any atom is 0.290 e. The molecule has 1 aromatic rings. The van der Waals surface area contributed by atoms with E-state index in [-0.39, 0.29) is 18.6 Å². The van der Waals surface area contributed by atoms with Gasteiger partial charge in [0.25, 0.3) is 6.47 Å². The lowest BCUT2D eigenvalue weighted by molar-refractivity contribution is -0.122. The fourth-order valence-corrected chi connectivity index (χ4v) is 3.12. The molecule has 25 heavy (non-hydrogen) atoms. The molecule has 0 radical (unpaired) electrons. The number of fused-ring (bicyclic) bond motifs is 1. The summed E-state index contributed by atoms with van der Waals surface area (Å²) in [7, 11) is 3.96. The molecule has 8 heteroatoms. The number of ether oxygens (including phenoxy) is 2. The van der Waals surface area contributed by atoms with Crippen LogP contribution in [0.3, 0.4) is 0 Å². The van der Waals surface area contributed by atoms with E-state index in [2.05, 4.69) is 5.32 Å². The maximum atomic E-state index is 8.36. The minimum atomic E-state index is -0.250. The second kappa shape index (κ2) is 9.53. The van der Waals surface area contributed by atoms with Crippen LogP contribution in [-0.4, -0.2) is 67.6 Å². The molecule has 2 aliphatic rings. The zero-order valence-corrected chi connectivity index (χ0v) is 15.2. The highest BCUT2D eigenvalue weighted by molar-refractivity contribution is 5.53. The van der Waals surface area contributed by atoms with Crippen molar-refractivity contribution in [3.05, 3.63) is 11.3 Å².